The van der Waals surface area contributed by atoms with Crippen molar-refractivity contribution in [1.29, 1.82) is 0 Å². The zero-order chi connectivity index (χ0) is 18.7. The molecule has 0 unspecified atom stereocenters. The highest BCUT2D eigenvalue weighted by atomic mass is 16.5. The maximum absolute atomic E-state index is 12.6. The first-order valence-electron chi connectivity index (χ1n) is 8.29. The second-order valence-electron chi connectivity index (χ2n) is 5.78. The van der Waals surface area contributed by atoms with Crippen molar-refractivity contribution in [3.63, 3.8) is 0 Å². The lowest BCUT2D eigenvalue weighted by molar-refractivity contribution is -0.116. The topological polar surface area (TPSA) is 74.5 Å². The van der Waals surface area contributed by atoms with Gasteiger partial charge in [-0.25, -0.2) is 4.79 Å². The largest absolute Gasteiger partial charge is 0.495 e. The van der Waals surface area contributed by atoms with Crippen molar-refractivity contribution in [2.45, 2.75) is 13.5 Å². The molecule has 0 saturated heterocycles. The molecule has 0 atom stereocenters. The molecule has 1 aromatic carbocycles. The van der Waals surface area contributed by atoms with E-state index in [0.29, 0.717) is 17.1 Å². The molecule has 7 nitrogen and oxygen atoms in total. The van der Waals surface area contributed by atoms with Crippen LogP contribution >= 0.6 is 0 Å². The number of hydrogen-bond acceptors (Lipinski definition) is 4. The van der Waals surface area contributed by atoms with E-state index in [1.807, 2.05) is 36.0 Å². The number of aromatic nitrogens is 2. The Morgan fingerprint density at radius 2 is 1.92 bits per heavy atom. The molecular formula is C19H21N3O4. The maximum atomic E-state index is 12.6. The molecule has 26 heavy (non-hydrogen) atoms. The van der Waals surface area contributed by atoms with Crippen LogP contribution in [-0.4, -0.2) is 34.7 Å². The van der Waals surface area contributed by atoms with Gasteiger partial charge in [0.15, 0.2) is 0 Å². The summed E-state index contributed by atoms with van der Waals surface area (Å²) in [6.07, 6.45) is 1.88. The van der Waals surface area contributed by atoms with Crippen LogP contribution in [-0.2, 0) is 23.1 Å². The zero-order valence-electron chi connectivity index (χ0n) is 15.0. The van der Waals surface area contributed by atoms with Crippen molar-refractivity contribution in [2.75, 3.05) is 19.0 Å². The van der Waals surface area contributed by atoms with Gasteiger partial charge in [0.25, 0.3) is 0 Å². The molecule has 7 heteroatoms. The number of amides is 1. The van der Waals surface area contributed by atoms with Gasteiger partial charge in [0.05, 0.1) is 30.4 Å². The van der Waals surface area contributed by atoms with Gasteiger partial charge in [-0.1, -0.05) is 12.1 Å². The smallest absolute Gasteiger partial charge is 0.355 e. The number of benzene rings is 1. The Hall–Kier alpha value is -3.22. The molecule has 2 heterocycles. The fourth-order valence-corrected chi connectivity index (χ4v) is 2.90. The number of methoxy groups -OCH3 is 1. The van der Waals surface area contributed by atoms with E-state index in [9.17, 15) is 9.59 Å². The van der Waals surface area contributed by atoms with Crippen LogP contribution in [0.5, 0.6) is 5.75 Å². The van der Waals surface area contributed by atoms with Crippen molar-refractivity contribution in [3.8, 4) is 5.75 Å². The van der Waals surface area contributed by atoms with E-state index in [1.54, 1.807) is 36.8 Å². The number of nitrogens with zero attached hydrogens (tertiary/aromatic N) is 2. The molecule has 0 aliphatic rings. The summed E-state index contributed by atoms with van der Waals surface area (Å²) >= 11 is 0. The minimum atomic E-state index is -0.450. The molecule has 0 aliphatic carbocycles. The van der Waals surface area contributed by atoms with Crippen LogP contribution in [0.4, 0.5) is 5.69 Å². The van der Waals surface area contributed by atoms with Gasteiger partial charge in [0, 0.05) is 13.2 Å². The Morgan fingerprint density at radius 3 is 2.65 bits per heavy atom. The normalized spacial score (nSPS) is 10.7. The number of nitrogens with one attached hydrogen (secondary N) is 1. The van der Waals surface area contributed by atoms with Crippen LogP contribution in [0, 0.1) is 0 Å². The molecule has 0 radical (unpaired) electrons. The summed E-state index contributed by atoms with van der Waals surface area (Å²) in [7, 11) is 3.43. The summed E-state index contributed by atoms with van der Waals surface area (Å²) in [4.78, 5) is 24.9. The molecule has 1 amide bonds. The molecule has 0 bridgehead atoms. The van der Waals surface area contributed by atoms with Gasteiger partial charge in [0.1, 0.15) is 18.0 Å². The number of para-hydroxylation sites is 2. The summed E-state index contributed by atoms with van der Waals surface area (Å²) in [5.41, 5.74) is 2.58. The van der Waals surface area contributed by atoms with Crippen LogP contribution < -0.4 is 10.1 Å². The highest BCUT2D eigenvalue weighted by Gasteiger charge is 2.20. The van der Waals surface area contributed by atoms with E-state index in [4.69, 9.17) is 9.47 Å². The van der Waals surface area contributed by atoms with Crippen LogP contribution in [0.25, 0.3) is 11.0 Å². The molecule has 0 aliphatic heterocycles. The second kappa shape index (κ2) is 7.35. The number of anilines is 1. The van der Waals surface area contributed by atoms with Gasteiger partial charge in [-0.15, -0.1) is 0 Å². The van der Waals surface area contributed by atoms with Gasteiger partial charge in [0.2, 0.25) is 5.91 Å². The molecule has 3 aromatic rings. The molecule has 0 fully saturated rings. The first kappa shape index (κ1) is 17.6. The Labute approximate surface area is 151 Å². The van der Waals surface area contributed by atoms with E-state index < -0.39 is 5.97 Å². The van der Waals surface area contributed by atoms with E-state index in [-0.39, 0.29) is 19.1 Å². The van der Waals surface area contributed by atoms with Crippen LogP contribution in [0.15, 0.2) is 42.6 Å². The molecule has 3 rings (SSSR count). The van der Waals surface area contributed by atoms with E-state index in [0.717, 1.165) is 11.0 Å². The van der Waals surface area contributed by atoms with Gasteiger partial charge >= 0.3 is 5.97 Å². The van der Waals surface area contributed by atoms with E-state index in [1.165, 1.54) is 0 Å². The monoisotopic (exact) mass is 355 g/mol. The standard InChI is InChI=1S/C19H21N3O4/c1-4-26-19(24)16-11-15-14(9-10-21(15)2)22(16)12-18(23)20-13-7-5-6-8-17(13)25-3/h5-11H,4,12H2,1-3H3,(H,20,23). The van der Waals surface area contributed by atoms with Gasteiger partial charge in [-0.3, -0.25) is 4.79 Å². The average Bonchev–Trinajstić information content (AvgIpc) is 3.16. The number of carbonyl (C=O) groups excluding carboxylic acids is 2. The van der Waals surface area contributed by atoms with Crippen molar-refractivity contribution in [1.82, 2.24) is 9.13 Å². The Morgan fingerprint density at radius 1 is 1.15 bits per heavy atom. The third-order valence-electron chi connectivity index (χ3n) is 4.12. The Balaban J connectivity index is 1.90. The number of rotatable bonds is 6. The number of hydrogen-bond donors (Lipinski definition) is 1. The fraction of sp³-hybridized carbons (Fsp3) is 0.263. The predicted molar refractivity (Wildman–Crippen MR) is 98.5 cm³/mol. The first-order valence-corrected chi connectivity index (χ1v) is 8.29. The number of carbonyl (C=O) groups is 2. The van der Waals surface area contributed by atoms with Crippen molar-refractivity contribution in [3.05, 3.63) is 48.3 Å². The number of fused-ring (bicyclic) bond motifs is 1. The quantitative estimate of drug-likeness (QED) is 0.690. The SMILES string of the molecule is CCOC(=O)c1cc2c(ccn2C)n1CC(=O)Nc1ccccc1OC. The number of esters is 1. The lowest BCUT2D eigenvalue weighted by Gasteiger charge is -2.12. The van der Waals surface area contributed by atoms with Crippen molar-refractivity contribution >= 4 is 28.6 Å². The lowest BCUT2D eigenvalue weighted by Crippen LogP contribution is -2.22. The van der Waals surface area contributed by atoms with E-state index >= 15 is 0 Å². The summed E-state index contributed by atoms with van der Waals surface area (Å²) in [5.74, 6) is -0.140. The molecule has 0 spiro atoms. The van der Waals surface area contributed by atoms with Crippen molar-refractivity contribution < 1.29 is 19.1 Å². The van der Waals surface area contributed by atoms with Crippen LogP contribution in [0.1, 0.15) is 17.4 Å². The summed E-state index contributed by atoms with van der Waals surface area (Å²) < 4.78 is 13.9. The minimum absolute atomic E-state index is 0.0142. The summed E-state index contributed by atoms with van der Waals surface area (Å²) in [6.45, 7) is 2.01. The minimum Gasteiger partial charge on any atom is -0.495 e. The Kier molecular flexibility index (Phi) is 4.97. The maximum Gasteiger partial charge on any atom is 0.355 e. The molecule has 136 valence electrons. The van der Waals surface area contributed by atoms with E-state index in [2.05, 4.69) is 5.32 Å². The second-order valence-corrected chi connectivity index (χ2v) is 5.78. The molecule has 1 N–H and O–H groups in total. The number of aryl methyl sites for hydroxylation is 1. The van der Waals surface area contributed by atoms with Crippen LogP contribution in [0.2, 0.25) is 0 Å². The highest BCUT2D eigenvalue weighted by Crippen LogP contribution is 2.24. The molecule has 2 aromatic heterocycles. The van der Waals surface area contributed by atoms with Crippen molar-refractivity contribution in [2.24, 2.45) is 7.05 Å². The predicted octanol–water partition coefficient (Wildman–Crippen LogP) is 2.80. The lowest BCUT2D eigenvalue weighted by atomic mass is 10.3. The highest BCUT2D eigenvalue weighted by molar-refractivity contribution is 5.98. The Bertz CT molecular complexity index is 955. The third-order valence-corrected chi connectivity index (χ3v) is 4.12. The zero-order valence-corrected chi connectivity index (χ0v) is 15.0. The molecular weight excluding hydrogens is 334 g/mol. The van der Waals surface area contributed by atoms with Crippen LogP contribution in [0.3, 0.4) is 0 Å². The first-order chi connectivity index (χ1) is 12.5. The van der Waals surface area contributed by atoms with Gasteiger partial charge < -0.3 is 23.9 Å². The number of ether oxygens (including phenoxy) is 2. The summed E-state index contributed by atoms with van der Waals surface area (Å²) in [6, 6.07) is 10.8. The summed E-state index contributed by atoms with van der Waals surface area (Å²) in [5, 5.41) is 2.83. The average molecular weight is 355 g/mol. The molecule has 0 saturated carbocycles. The fourth-order valence-electron chi connectivity index (χ4n) is 2.90. The third kappa shape index (κ3) is 3.28. The van der Waals surface area contributed by atoms with Gasteiger partial charge in [-0.2, -0.15) is 0 Å². The van der Waals surface area contributed by atoms with Gasteiger partial charge in [-0.05, 0) is 31.2 Å².